The summed E-state index contributed by atoms with van der Waals surface area (Å²) in [7, 11) is -3.40. The van der Waals surface area contributed by atoms with Crippen LogP contribution in [0, 0.1) is 0 Å². The molecule has 0 unspecified atom stereocenters. The van der Waals surface area contributed by atoms with Gasteiger partial charge in [0.2, 0.25) is 0 Å². The second kappa shape index (κ2) is 8.14. The third-order valence-corrected chi connectivity index (χ3v) is 5.05. The van der Waals surface area contributed by atoms with Crippen LogP contribution < -0.4 is 5.32 Å². The Morgan fingerprint density at radius 1 is 0.962 bits per heavy atom. The molecule has 0 fully saturated rings. The van der Waals surface area contributed by atoms with Gasteiger partial charge in [-0.3, -0.25) is 9.59 Å². The predicted molar refractivity (Wildman–Crippen MR) is 101 cm³/mol. The van der Waals surface area contributed by atoms with E-state index in [1.54, 1.807) is 29.2 Å². The first-order chi connectivity index (χ1) is 12.3. The van der Waals surface area contributed by atoms with Crippen LogP contribution in [0.1, 0.15) is 34.6 Å². The van der Waals surface area contributed by atoms with Crippen LogP contribution in [0.3, 0.4) is 0 Å². The molecule has 0 aliphatic heterocycles. The predicted octanol–water partition coefficient (Wildman–Crippen LogP) is 2.82. The Kier molecular flexibility index (Phi) is 6.15. The molecule has 0 saturated carbocycles. The summed E-state index contributed by atoms with van der Waals surface area (Å²) in [5.74, 6) is -0.548. The molecule has 0 aliphatic carbocycles. The number of benzene rings is 2. The number of rotatable bonds is 6. The molecule has 0 bridgehead atoms. The van der Waals surface area contributed by atoms with Crippen LogP contribution in [0.4, 0.5) is 5.69 Å². The standard InChI is InChI=1S/C19H22N2O4S/c1-4-21(5-2)19(23)15-9-6-10-16(12-15)20-18(22)14-8-7-11-17(13-14)26(3,24)25/h6-13H,4-5H2,1-3H3,(H,20,22). The Hall–Kier alpha value is -2.67. The molecule has 0 radical (unpaired) electrons. The third kappa shape index (κ3) is 4.70. The molecule has 0 spiro atoms. The highest BCUT2D eigenvalue weighted by molar-refractivity contribution is 7.90. The summed E-state index contributed by atoms with van der Waals surface area (Å²) in [4.78, 5) is 26.6. The van der Waals surface area contributed by atoms with Crippen LogP contribution >= 0.6 is 0 Å². The minimum atomic E-state index is -3.40. The maximum Gasteiger partial charge on any atom is 0.255 e. The van der Waals surface area contributed by atoms with Gasteiger partial charge in [-0.1, -0.05) is 12.1 Å². The van der Waals surface area contributed by atoms with Gasteiger partial charge < -0.3 is 10.2 Å². The van der Waals surface area contributed by atoms with Crippen molar-refractivity contribution in [3.8, 4) is 0 Å². The van der Waals surface area contributed by atoms with Crippen molar-refractivity contribution < 1.29 is 18.0 Å². The Balaban J connectivity index is 2.23. The van der Waals surface area contributed by atoms with Crippen molar-refractivity contribution in [1.82, 2.24) is 4.90 Å². The van der Waals surface area contributed by atoms with E-state index in [9.17, 15) is 18.0 Å². The average molecular weight is 374 g/mol. The molecule has 2 amide bonds. The lowest BCUT2D eigenvalue weighted by molar-refractivity contribution is 0.0772. The monoisotopic (exact) mass is 374 g/mol. The zero-order valence-electron chi connectivity index (χ0n) is 15.0. The van der Waals surface area contributed by atoms with Crippen LogP contribution in [0.5, 0.6) is 0 Å². The van der Waals surface area contributed by atoms with E-state index >= 15 is 0 Å². The van der Waals surface area contributed by atoms with Crippen LogP contribution in [0.15, 0.2) is 53.4 Å². The molecule has 0 saturated heterocycles. The molecule has 7 heteroatoms. The normalized spacial score (nSPS) is 11.0. The van der Waals surface area contributed by atoms with Crippen molar-refractivity contribution >= 4 is 27.3 Å². The molecular formula is C19H22N2O4S. The van der Waals surface area contributed by atoms with Crippen molar-refractivity contribution in [2.24, 2.45) is 0 Å². The lowest BCUT2D eigenvalue weighted by Gasteiger charge is -2.19. The number of anilines is 1. The first-order valence-electron chi connectivity index (χ1n) is 8.27. The van der Waals surface area contributed by atoms with Gasteiger partial charge in [-0.25, -0.2) is 8.42 Å². The van der Waals surface area contributed by atoms with E-state index in [0.29, 0.717) is 24.3 Å². The molecule has 0 aromatic heterocycles. The third-order valence-electron chi connectivity index (χ3n) is 3.94. The van der Waals surface area contributed by atoms with Crippen LogP contribution in [0.25, 0.3) is 0 Å². The van der Waals surface area contributed by atoms with Crippen molar-refractivity contribution in [1.29, 1.82) is 0 Å². The summed E-state index contributed by atoms with van der Waals surface area (Å²) >= 11 is 0. The Morgan fingerprint density at radius 3 is 2.19 bits per heavy atom. The topological polar surface area (TPSA) is 83.6 Å². The van der Waals surface area contributed by atoms with Crippen LogP contribution in [0.2, 0.25) is 0 Å². The van der Waals surface area contributed by atoms with Crippen LogP contribution in [-0.4, -0.2) is 44.5 Å². The number of carbonyl (C=O) groups excluding carboxylic acids is 2. The summed E-state index contributed by atoms with van der Waals surface area (Å²) in [6.07, 6.45) is 1.09. The van der Waals surface area contributed by atoms with Gasteiger partial charge in [0.1, 0.15) is 0 Å². The smallest absolute Gasteiger partial charge is 0.255 e. The minimum absolute atomic E-state index is 0.0793. The Labute approximate surface area is 153 Å². The molecule has 138 valence electrons. The van der Waals surface area contributed by atoms with E-state index < -0.39 is 15.7 Å². The zero-order chi connectivity index (χ0) is 19.3. The van der Waals surface area contributed by atoms with E-state index in [2.05, 4.69) is 5.32 Å². The fourth-order valence-electron chi connectivity index (χ4n) is 2.49. The fraction of sp³-hybridized carbons (Fsp3) is 0.263. The van der Waals surface area contributed by atoms with Gasteiger partial charge in [0.05, 0.1) is 4.90 Å². The maximum atomic E-state index is 12.4. The van der Waals surface area contributed by atoms with Gasteiger partial charge >= 0.3 is 0 Å². The van der Waals surface area contributed by atoms with Crippen molar-refractivity contribution in [3.05, 3.63) is 59.7 Å². The Morgan fingerprint density at radius 2 is 1.58 bits per heavy atom. The summed E-state index contributed by atoms with van der Waals surface area (Å²) < 4.78 is 23.3. The quantitative estimate of drug-likeness (QED) is 0.843. The van der Waals surface area contributed by atoms with Crippen molar-refractivity contribution in [2.45, 2.75) is 18.7 Å². The molecule has 0 aliphatic rings. The number of sulfone groups is 1. The van der Waals surface area contributed by atoms with Gasteiger partial charge in [0.15, 0.2) is 9.84 Å². The van der Waals surface area contributed by atoms with Gasteiger partial charge in [-0.2, -0.15) is 0 Å². The number of hydrogen-bond acceptors (Lipinski definition) is 4. The second-order valence-corrected chi connectivity index (χ2v) is 7.83. The average Bonchev–Trinajstić information content (AvgIpc) is 2.62. The molecule has 2 rings (SSSR count). The number of nitrogens with zero attached hydrogens (tertiary/aromatic N) is 1. The summed E-state index contributed by atoms with van der Waals surface area (Å²) in [6.45, 7) is 5.01. The highest BCUT2D eigenvalue weighted by Crippen LogP contribution is 2.16. The van der Waals surface area contributed by atoms with Gasteiger partial charge in [-0.05, 0) is 50.2 Å². The molecule has 6 nitrogen and oxygen atoms in total. The molecule has 0 atom stereocenters. The maximum absolute atomic E-state index is 12.4. The van der Waals surface area contributed by atoms with Crippen LogP contribution in [-0.2, 0) is 9.84 Å². The number of hydrogen-bond donors (Lipinski definition) is 1. The molecule has 2 aromatic rings. The van der Waals surface area contributed by atoms with E-state index in [4.69, 9.17) is 0 Å². The largest absolute Gasteiger partial charge is 0.339 e. The van der Waals surface area contributed by atoms with Gasteiger partial charge in [0.25, 0.3) is 11.8 Å². The number of nitrogens with one attached hydrogen (secondary N) is 1. The van der Waals surface area contributed by atoms with Gasteiger partial charge in [0, 0.05) is 36.2 Å². The zero-order valence-corrected chi connectivity index (χ0v) is 15.8. The van der Waals surface area contributed by atoms with E-state index in [1.165, 1.54) is 24.3 Å². The van der Waals surface area contributed by atoms with Crippen molar-refractivity contribution in [2.75, 3.05) is 24.7 Å². The van der Waals surface area contributed by atoms with E-state index in [-0.39, 0.29) is 16.4 Å². The summed E-state index contributed by atoms with van der Waals surface area (Å²) in [5, 5.41) is 2.70. The second-order valence-electron chi connectivity index (χ2n) is 5.81. The fourth-order valence-corrected chi connectivity index (χ4v) is 3.16. The van der Waals surface area contributed by atoms with Gasteiger partial charge in [-0.15, -0.1) is 0 Å². The highest BCUT2D eigenvalue weighted by atomic mass is 32.2. The van der Waals surface area contributed by atoms with Crippen molar-refractivity contribution in [3.63, 3.8) is 0 Å². The first kappa shape index (κ1) is 19.7. The number of amides is 2. The Bertz CT molecular complexity index is 919. The summed E-state index contributed by atoms with van der Waals surface area (Å²) in [6, 6.07) is 12.5. The van der Waals surface area contributed by atoms with E-state index in [0.717, 1.165) is 6.26 Å². The molecule has 26 heavy (non-hydrogen) atoms. The minimum Gasteiger partial charge on any atom is -0.339 e. The lowest BCUT2D eigenvalue weighted by Crippen LogP contribution is -2.30. The summed E-state index contributed by atoms with van der Waals surface area (Å²) in [5.41, 5.74) is 1.18. The molecular weight excluding hydrogens is 352 g/mol. The number of carbonyl (C=O) groups is 2. The molecule has 0 heterocycles. The van der Waals surface area contributed by atoms with E-state index in [1.807, 2.05) is 13.8 Å². The SMILES string of the molecule is CCN(CC)C(=O)c1cccc(NC(=O)c2cccc(S(C)(=O)=O)c2)c1. The first-order valence-corrected chi connectivity index (χ1v) is 10.2. The lowest BCUT2D eigenvalue weighted by atomic mass is 10.1. The molecule has 2 aromatic carbocycles. The molecule has 1 N–H and O–H groups in total. The highest BCUT2D eigenvalue weighted by Gasteiger charge is 2.15.